The van der Waals surface area contributed by atoms with E-state index in [2.05, 4.69) is 22.2 Å². The fourth-order valence-electron chi connectivity index (χ4n) is 2.32. The Morgan fingerprint density at radius 2 is 1.96 bits per heavy atom. The average Bonchev–Trinajstić information content (AvgIpc) is 3.11. The van der Waals surface area contributed by atoms with Crippen LogP contribution in [0.4, 0.5) is 0 Å². The number of rotatable bonds is 9. The maximum absolute atomic E-state index is 12.6. The summed E-state index contributed by atoms with van der Waals surface area (Å²) in [5, 5.41) is 2.83. The number of carbonyl (C=O) groups is 1. The van der Waals surface area contributed by atoms with Crippen LogP contribution in [0.2, 0.25) is 0 Å². The molecule has 2 aromatic rings. The highest BCUT2D eigenvalue weighted by atomic mass is 32.2. The highest BCUT2D eigenvalue weighted by Gasteiger charge is 2.22. The molecule has 0 aliphatic heterocycles. The number of imidazole rings is 1. The lowest BCUT2D eigenvalue weighted by molar-refractivity contribution is 0.0953. The van der Waals surface area contributed by atoms with Gasteiger partial charge in [-0.1, -0.05) is 19.8 Å². The van der Waals surface area contributed by atoms with Crippen molar-refractivity contribution in [1.82, 2.24) is 19.6 Å². The maximum Gasteiger partial charge on any atom is 0.251 e. The summed E-state index contributed by atoms with van der Waals surface area (Å²) >= 11 is 0. The number of aromatic nitrogens is 2. The molecule has 0 saturated carbocycles. The molecule has 25 heavy (non-hydrogen) atoms. The van der Waals surface area contributed by atoms with Crippen LogP contribution >= 0.6 is 0 Å². The molecule has 2 rings (SSSR count). The second-order valence-electron chi connectivity index (χ2n) is 5.78. The zero-order chi connectivity index (χ0) is 18.3. The summed E-state index contributed by atoms with van der Waals surface area (Å²) in [6, 6.07) is 5.97. The van der Waals surface area contributed by atoms with Crippen molar-refractivity contribution in [2.24, 2.45) is 0 Å². The molecule has 2 N–H and O–H groups in total. The lowest BCUT2D eigenvalue weighted by Gasteiger charge is -2.16. The smallest absolute Gasteiger partial charge is 0.251 e. The Kier molecular flexibility index (Phi) is 6.72. The van der Waals surface area contributed by atoms with E-state index in [0.717, 1.165) is 19.3 Å². The Hall–Kier alpha value is -2.19. The molecule has 0 atom stereocenters. The van der Waals surface area contributed by atoms with Crippen LogP contribution in [0.3, 0.4) is 0 Å². The first-order valence-electron chi connectivity index (χ1n) is 8.28. The highest BCUT2D eigenvalue weighted by Crippen LogP contribution is 2.16. The van der Waals surface area contributed by atoms with Gasteiger partial charge in [0.1, 0.15) is 5.82 Å². The molecule has 0 aliphatic carbocycles. The second kappa shape index (κ2) is 8.77. The first-order valence-corrected chi connectivity index (χ1v) is 9.72. The van der Waals surface area contributed by atoms with Crippen LogP contribution in [0.1, 0.15) is 42.4 Å². The molecule has 0 fully saturated rings. The van der Waals surface area contributed by atoms with Gasteiger partial charge >= 0.3 is 0 Å². The molecular weight excluding hydrogens is 340 g/mol. The molecule has 0 unspecified atom stereocenters. The van der Waals surface area contributed by atoms with Gasteiger partial charge in [0.2, 0.25) is 10.0 Å². The molecule has 1 aromatic carbocycles. The van der Waals surface area contributed by atoms with Gasteiger partial charge in [0.05, 0.1) is 11.4 Å². The number of unbranched alkanes of at least 4 members (excludes halogenated alkanes) is 2. The summed E-state index contributed by atoms with van der Waals surface area (Å²) in [7, 11) is -2.15. The van der Waals surface area contributed by atoms with E-state index in [1.807, 2.05) is 0 Å². The maximum atomic E-state index is 12.6. The molecule has 0 bridgehead atoms. The van der Waals surface area contributed by atoms with Crippen molar-refractivity contribution in [3.05, 3.63) is 48.0 Å². The number of nitrogens with one attached hydrogen (secondary N) is 2. The molecule has 0 spiro atoms. The fraction of sp³-hybridized carbons (Fsp3) is 0.412. The van der Waals surface area contributed by atoms with Crippen molar-refractivity contribution < 1.29 is 13.2 Å². The zero-order valence-corrected chi connectivity index (χ0v) is 15.3. The molecule has 136 valence electrons. The number of hydrogen-bond donors (Lipinski definition) is 2. The molecule has 8 heteroatoms. The summed E-state index contributed by atoms with van der Waals surface area (Å²) in [5.41, 5.74) is 0.448. The van der Waals surface area contributed by atoms with Crippen LogP contribution in [0, 0.1) is 0 Å². The SMILES string of the molecule is CCCCCNC(=O)c1ccc(S(=O)(=O)N(C)Cc2ncc[nH]2)cc1. The molecule has 0 radical (unpaired) electrons. The molecule has 0 saturated heterocycles. The first kappa shape index (κ1) is 19.1. The van der Waals surface area contributed by atoms with Gasteiger partial charge in [-0.25, -0.2) is 13.4 Å². The summed E-state index contributed by atoms with van der Waals surface area (Å²) in [6.45, 7) is 2.87. The van der Waals surface area contributed by atoms with E-state index in [4.69, 9.17) is 0 Å². The predicted octanol–water partition coefficient (Wildman–Crippen LogP) is 2.15. The Labute approximate surface area is 148 Å². The standard InChI is InChI=1S/C17H24N4O3S/c1-3-4-5-10-20-17(22)14-6-8-15(9-7-14)25(23,24)21(2)13-16-18-11-12-19-16/h6-9,11-12H,3-5,10,13H2,1-2H3,(H,18,19)(H,20,22). The van der Waals surface area contributed by atoms with Crippen molar-refractivity contribution in [2.75, 3.05) is 13.6 Å². The molecule has 1 amide bonds. The topological polar surface area (TPSA) is 95.2 Å². The number of aromatic amines is 1. The van der Waals surface area contributed by atoms with Crippen LogP contribution in [-0.2, 0) is 16.6 Å². The van der Waals surface area contributed by atoms with Crippen LogP contribution in [0.5, 0.6) is 0 Å². The van der Waals surface area contributed by atoms with Gasteiger partial charge < -0.3 is 10.3 Å². The monoisotopic (exact) mass is 364 g/mol. The van der Waals surface area contributed by atoms with Crippen molar-refractivity contribution in [1.29, 1.82) is 0 Å². The highest BCUT2D eigenvalue weighted by molar-refractivity contribution is 7.89. The lowest BCUT2D eigenvalue weighted by atomic mass is 10.2. The van der Waals surface area contributed by atoms with Crippen LogP contribution in [0.15, 0.2) is 41.6 Å². The minimum absolute atomic E-state index is 0.143. The third-order valence-electron chi connectivity index (χ3n) is 3.82. The van der Waals surface area contributed by atoms with E-state index in [0.29, 0.717) is 17.9 Å². The lowest BCUT2D eigenvalue weighted by Crippen LogP contribution is -2.27. The van der Waals surface area contributed by atoms with Gasteiger partial charge in [-0.3, -0.25) is 4.79 Å². The number of H-pyrrole nitrogens is 1. The molecule has 1 aromatic heterocycles. The summed E-state index contributed by atoms with van der Waals surface area (Å²) < 4.78 is 26.3. The van der Waals surface area contributed by atoms with E-state index in [9.17, 15) is 13.2 Å². The Morgan fingerprint density at radius 3 is 2.56 bits per heavy atom. The first-order chi connectivity index (χ1) is 11.9. The second-order valence-corrected chi connectivity index (χ2v) is 7.83. The number of sulfonamides is 1. The number of hydrogen-bond acceptors (Lipinski definition) is 4. The normalized spacial score (nSPS) is 11.6. The summed E-state index contributed by atoms with van der Waals surface area (Å²) in [6.07, 6.45) is 6.31. The van der Waals surface area contributed by atoms with E-state index in [1.54, 1.807) is 12.4 Å². The minimum atomic E-state index is -3.64. The third kappa shape index (κ3) is 5.14. The number of nitrogens with zero attached hydrogens (tertiary/aromatic N) is 2. The van der Waals surface area contributed by atoms with Crippen molar-refractivity contribution in [3.63, 3.8) is 0 Å². The van der Waals surface area contributed by atoms with E-state index >= 15 is 0 Å². The Bertz CT molecular complexity index is 771. The minimum Gasteiger partial charge on any atom is -0.352 e. The van der Waals surface area contributed by atoms with E-state index in [-0.39, 0.29) is 17.3 Å². The molecule has 1 heterocycles. The largest absolute Gasteiger partial charge is 0.352 e. The van der Waals surface area contributed by atoms with Gasteiger partial charge in [-0.15, -0.1) is 0 Å². The quantitative estimate of drug-likeness (QED) is 0.667. The number of benzene rings is 1. The number of amides is 1. The van der Waals surface area contributed by atoms with Gasteiger partial charge in [-0.05, 0) is 30.7 Å². The molecule has 7 nitrogen and oxygen atoms in total. The van der Waals surface area contributed by atoms with Crippen molar-refractivity contribution in [3.8, 4) is 0 Å². The average molecular weight is 364 g/mol. The summed E-state index contributed by atoms with van der Waals surface area (Å²) in [4.78, 5) is 19.1. The zero-order valence-electron chi connectivity index (χ0n) is 14.5. The fourth-order valence-corrected chi connectivity index (χ4v) is 3.45. The van der Waals surface area contributed by atoms with Gasteiger partial charge in [0, 0.05) is 31.5 Å². The Morgan fingerprint density at radius 1 is 1.24 bits per heavy atom. The third-order valence-corrected chi connectivity index (χ3v) is 5.64. The van der Waals surface area contributed by atoms with Crippen LogP contribution in [0.25, 0.3) is 0 Å². The van der Waals surface area contributed by atoms with Gasteiger partial charge in [0.15, 0.2) is 0 Å². The van der Waals surface area contributed by atoms with E-state index < -0.39 is 10.0 Å². The number of carbonyl (C=O) groups excluding carboxylic acids is 1. The van der Waals surface area contributed by atoms with Crippen LogP contribution in [-0.4, -0.2) is 42.2 Å². The van der Waals surface area contributed by atoms with Crippen LogP contribution < -0.4 is 5.32 Å². The molecule has 0 aliphatic rings. The molecular formula is C17H24N4O3S. The summed E-state index contributed by atoms with van der Waals surface area (Å²) in [5.74, 6) is 0.373. The van der Waals surface area contributed by atoms with Gasteiger partial charge in [0.25, 0.3) is 5.91 Å². The van der Waals surface area contributed by atoms with E-state index in [1.165, 1.54) is 35.6 Å². The predicted molar refractivity (Wildman–Crippen MR) is 95.5 cm³/mol. The van der Waals surface area contributed by atoms with Crippen molar-refractivity contribution >= 4 is 15.9 Å². The van der Waals surface area contributed by atoms with Crippen molar-refractivity contribution in [2.45, 2.75) is 37.6 Å². The van der Waals surface area contributed by atoms with Gasteiger partial charge in [-0.2, -0.15) is 4.31 Å². The Balaban J connectivity index is 2.01.